The molecule has 0 atom stereocenters. The van der Waals surface area contributed by atoms with E-state index in [1.54, 1.807) is 14.1 Å². The lowest BCUT2D eigenvalue weighted by molar-refractivity contribution is 0.209. The van der Waals surface area contributed by atoms with Crippen LogP contribution in [-0.2, 0) is 0 Å². The zero-order chi connectivity index (χ0) is 10.8. The maximum absolute atomic E-state index is 11.5. The Kier molecular flexibility index (Phi) is 3.31. The summed E-state index contributed by atoms with van der Waals surface area (Å²) in [4.78, 5) is 13.4. The predicted octanol–water partition coefficient (Wildman–Crippen LogP) is 0.856. The SMILES string of the molecule is CN(C)C(=O)NC1(C(N)=S)CCCC1. The Morgan fingerprint density at radius 2 is 1.93 bits per heavy atom. The van der Waals surface area contributed by atoms with Gasteiger partial charge in [-0.05, 0) is 12.8 Å². The molecule has 14 heavy (non-hydrogen) atoms. The Morgan fingerprint density at radius 3 is 2.29 bits per heavy atom. The van der Waals surface area contributed by atoms with Gasteiger partial charge in [0.2, 0.25) is 0 Å². The van der Waals surface area contributed by atoms with Gasteiger partial charge in [-0.1, -0.05) is 25.1 Å². The highest BCUT2D eigenvalue weighted by atomic mass is 32.1. The summed E-state index contributed by atoms with van der Waals surface area (Å²) in [6.45, 7) is 0. The van der Waals surface area contributed by atoms with Gasteiger partial charge in [-0.3, -0.25) is 0 Å². The maximum Gasteiger partial charge on any atom is 0.317 e. The normalized spacial score (nSPS) is 19.0. The fourth-order valence-electron chi connectivity index (χ4n) is 1.73. The van der Waals surface area contributed by atoms with Crippen LogP contribution in [0.4, 0.5) is 4.79 Å². The molecular weight excluding hydrogens is 198 g/mol. The molecule has 0 spiro atoms. The number of hydrogen-bond donors (Lipinski definition) is 2. The monoisotopic (exact) mass is 215 g/mol. The molecule has 80 valence electrons. The largest absolute Gasteiger partial charge is 0.391 e. The molecule has 1 saturated carbocycles. The van der Waals surface area contributed by atoms with E-state index in [0.717, 1.165) is 25.7 Å². The first-order valence-electron chi connectivity index (χ1n) is 4.77. The van der Waals surface area contributed by atoms with Crippen molar-refractivity contribution in [3.8, 4) is 0 Å². The van der Waals surface area contributed by atoms with E-state index < -0.39 is 5.54 Å². The van der Waals surface area contributed by atoms with E-state index in [2.05, 4.69) is 5.32 Å². The fourth-order valence-corrected chi connectivity index (χ4v) is 1.98. The van der Waals surface area contributed by atoms with Crippen molar-refractivity contribution in [2.24, 2.45) is 5.73 Å². The van der Waals surface area contributed by atoms with Crippen molar-refractivity contribution < 1.29 is 4.79 Å². The van der Waals surface area contributed by atoms with Crippen molar-refractivity contribution in [2.75, 3.05) is 14.1 Å². The van der Waals surface area contributed by atoms with Crippen molar-refractivity contribution in [3.63, 3.8) is 0 Å². The van der Waals surface area contributed by atoms with E-state index in [1.807, 2.05) is 0 Å². The lowest BCUT2D eigenvalue weighted by Crippen LogP contribution is -2.57. The van der Waals surface area contributed by atoms with Gasteiger partial charge in [0.05, 0.1) is 10.5 Å². The summed E-state index contributed by atoms with van der Waals surface area (Å²) >= 11 is 5.02. The molecule has 3 N–H and O–H groups in total. The van der Waals surface area contributed by atoms with Crippen LogP contribution in [0.15, 0.2) is 0 Å². The second kappa shape index (κ2) is 4.13. The number of nitrogens with one attached hydrogen (secondary N) is 1. The van der Waals surface area contributed by atoms with Gasteiger partial charge in [-0.25, -0.2) is 4.79 Å². The van der Waals surface area contributed by atoms with Crippen LogP contribution in [0.5, 0.6) is 0 Å². The van der Waals surface area contributed by atoms with E-state index in [4.69, 9.17) is 18.0 Å². The lowest BCUT2D eigenvalue weighted by atomic mass is 9.98. The zero-order valence-corrected chi connectivity index (χ0v) is 9.49. The number of carbonyl (C=O) groups is 1. The number of rotatable bonds is 2. The van der Waals surface area contributed by atoms with Gasteiger partial charge < -0.3 is 16.0 Å². The molecule has 5 heteroatoms. The van der Waals surface area contributed by atoms with E-state index in [9.17, 15) is 4.79 Å². The van der Waals surface area contributed by atoms with Crippen molar-refractivity contribution in [1.82, 2.24) is 10.2 Å². The number of carbonyl (C=O) groups excluding carboxylic acids is 1. The highest BCUT2D eigenvalue weighted by molar-refractivity contribution is 7.80. The number of nitrogens with two attached hydrogens (primary N) is 1. The molecule has 0 aromatic heterocycles. The molecule has 0 bridgehead atoms. The number of hydrogen-bond acceptors (Lipinski definition) is 2. The van der Waals surface area contributed by atoms with Gasteiger partial charge in [-0.2, -0.15) is 0 Å². The van der Waals surface area contributed by atoms with Crippen molar-refractivity contribution >= 4 is 23.2 Å². The highest BCUT2D eigenvalue weighted by Gasteiger charge is 2.38. The van der Waals surface area contributed by atoms with E-state index in [1.165, 1.54) is 4.90 Å². The summed E-state index contributed by atoms with van der Waals surface area (Å²) in [5, 5.41) is 2.91. The van der Waals surface area contributed by atoms with E-state index >= 15 is 0 Å². The van der Waals surface area contributed by atoms with Crippen LogP contribution in [0, 0.1) is 0 Å². The van der Waals surface area contributed by atoms with Crippen LogP contribution in [0.3, 0.4) is 0 Å². The number of thiocarbonyl (C=S) groups is 1. The predicted molar refractivity (Wildman–Crippen MR) is 60.2 cm³/mol. The number of nitrogens with zero attached hydrogens (tertiary/aromatic N) is 1. The number of urea groups is 1. The molecule has 0 aromatic rings. The van der Waals surface area contributed by atoms with Gasteiger partial charge in [0.1, 0.15) is 0 Å². The van der Waals surface area contributed by atoms with Gasteiger partial charge in [0.15, 0.2) is 0 Å². The molecular formula is C9H17N3OS. The minimum atomic E-state index is -0.434. The lowest BCUT2D eigenvalue weighted by Gasteiger charge is -2.30. The molecule has 0 radical (unpaired) electrons. The molecule has 4 nitrogen and oxygen atoms in total. The van der Waals surface area contributed by atoms with E-state index in [0.29, 0.717) is 4.99 Å². The van der Waals surface area contributed by atoms with Crippen LogP contribution >= 0.6 is 12.2 Å². The molecule has 0 unspecified atom stereocenters. The topological polar surface area (TPSA) is 58.4 Å². The van der Waals surface area contributed by atoms with Crippen LogP contribution < -0.4 is 11.1 Å². The van der Waals surface area contributed by atoms with Crippen molar-refractivity contribution in [2.45, 2.75) is 31.2 Å². The Bertz CT molecular complexity index is 246. The first-order chi connectivity index (χ1) is 6.48. The second-order valence-corrected chi connectivity index (χ2v) is 4.42. The molecule has 0 saturated heterocycles. The number of amides is 2. The molecule has 0 heterocycles. The van der Waals surface area contributed by atoms with Crippen molar-refractivity contribution in [1.29, 1.82) is 0 Å². The second-order valence-electron chi connectivity index (χ2n) is 3.98. The molecule has 1 aliphatic rings. The van der Waals surface area contributed by atoms with Crippen LogP contribution in [0.25, 0.3) is 0 Å². The maximum atomic E-state index is 11.5. The highest BCUT2D eigenvalue weighted by Crippen LogP contribution is 2.30. The summed E-state index contributed by atoms with van der Waals surface area (Å²) in [5.41, 5.74) is 5.25. The summed E-state index contributed by atoms with van der Waals surface area (Å²) in [6, 6.07) is -0.125. The van der Waals surface area contributed by atoms with Crippen molar-refractivity contribution in [3.05, 3.63) is 0 Å². The third-order valence-electron chi connectivity index (χ3n) is 2.68. The van der Waals surface area contributed by atoms with Crippen LogP contribution in [0.1, 0.15) is 25.7 Å². The van der Waals surface area contributed by atoms with Crippen LogP contribution in [-0.4, -0.2) is 35.6 Å². The molecule has 2 amide bonds. The van der Waals surface area contributed by atoms with E-state index in [-0.39, 0.29) is 6.03 Å². The summed E-state index contributed by atoms with van der Waals surface area (Å²) in [6.07, 6.45) is 3.87. The summed E-state index contributed by atoms with van der Waals surface area (Å²) in [5.74, 6) is 0. The Hall–Kier alpha value is -0.840. The van der Waals surface area contributed by atoms with Gasteiger partial charge >= 0.3 is 6.03 Å². The first kappa shape index (κ1) is 11.2. The zero-order valence-electron chi connectivity index (χ0n) is 8.67. The quantitative estimate of drug-likeness (QED) is 0.672. The minimum Gasteiger partial charge on any atom is -0.391 e. The molecule has 0 aliphatic heterocycles. The molecule has 0 aromatic carbocycles. The Balaban J connectivity index is 2.70. The molecule has 1 rings (SSSR count). The van der Waals surface area contributed by atoms with Gasteiger partial charge in [0, 0.05) is 14.1 Å². The Morgan fingerprint density at radius 1 is 1.43 bits per heavy atom. The van der Waals surface area contributed by atoms with Gasteiger partial charge in [-0.15, -0.1) is 0 Å². The summed E-state index contributed by atoms with van der Waals surface area (Å²) < 4.78 is 0. The minimum absolute atomic E-state index is 0.125. The molecule has 1 aliphatic carbocycles. The third-order valence-corrected chi connectivity index (χ3v) is 3.07. The average molecular weight is 215 g/mol. The third kappa shape index (κ3) is 2.15. The standard InChI is InChI=1S/C9H17N3OS/c1-12(2)8(13)11-9(7(10)14)5-3-4-6-9/h3-6H2,1-2H3,(H2,10,14)(H,11,13). The Labute approximate surface area is 89.8 Å². The first-order valence-corrected chi connectivity index (χ1v) is 5.18. The molecule has 1 fully saturated rings. The van der Waals surface area contributed by atoms with Crippen LogP contribution in [0.2, 0.25) is 0 Å². The fraction of sp³-hybridized carbons (Fsp3) is 0.778. The average Bonchev–Trinajstić information content (AvgIpc) is 2.53. The van der Waals surface area contributed by atoms with Gasteiger partial charge in [0.25, 0.3) is 0 Å². The summed E-state index contributed by atoms with van der Waals surface area (Å²) in [7, 11) is 3.41. The smallest absolute Gasteiger partial charge is 0.317 e.